The summed E-state index contributed by atoms with van der Waals surface area (Å²) in [6.45, 7) is 6.32. The van der Waals surface area contributed by atoms with E-state index in [4.69, 9.17) is 0 Å². The smallest absolute Gasteiger partial charge is 0.272 e. The Balaban J connectivity index is 2.84. The van der Waals surface area contributed by atoms with Crippen LogP contribution in [-0.2, 0) is 0 Å². The molecule has 1 aromatic rings. The number of carbonyl (C=O) groups is 1. The van der Waals surface area contributed by atoms with Crippen LogP contribution in [-0.4, -0.2) is 46.6 Å². The third-order valence-electron chi connectivity index (χ3n) is 2.96. The van der Waals surface area contributed by atoms with Gasteiger partial charge in [0.15, 0.2) is 0 Å². The third kappa shape index (κ3) is 3.20. The van der Waals surface area contributed by atoms with Crippen molar-refractivity contribution >= 4 is 11.6 Å². The van der Waals surface area contributed by atoms with Crippen molar-refractivity contribution in [3.63, 3.8) is 0 Å². The van der Waals surface area contributed by atoms with Gasteiger partial charge in [-0.25, -0.2) is 4.98 Å². The Kier molecular flexibility index (Phi) is 4.67. The summed E-state index contributed by atoms with van der Waals surface area (Å²) >= 11 is 0. The molecule has 5 heteroatoms. The zero-order chi connectivity index (χ0) is 13.8. The number of carbonyl (C=O) groups excluding carboxylic acids is 1. The van der Waals surface area contributed by atoms with E-state index in [1.165, 1.54) is 4.90 Å². The monoisotopic (exact) mass is 251 g/mol. The molecular weight excluding hydrogens is 230 g/mol. The molecular formula is C13H21N3O2. The summed E-state index contributed by atoms with van der Waals surface area (Å²) in [4.78, 5) is 17.8. The van der Waals surface area contributed by atoms with Crippen molar-refractivity contribution in [1.82, 2.24) is 9.88 Å². The van der Waals surface area contributed by atoms with E-state index >= 15 is 0 Å². The lowest BCUT2D eigenvalue weighted by Crippen LogP contribution is -2.47. The number of aliphatic hydroxyl groups is 1. The fourth-order valence-corrected chi connectivity index (χ4v) is 1.38. The molecule has 0 aromatic carbocycles. The molecule has 5 nitrogen and oxygen atoms in total. The van der Waals surface area contributed by atoms with Crippen LogP contribution in [0.15, 0.2) is 18.3 Å². The number of hydrogen-bond acceptors (Lipinski definition) is 4. The number of aromatic nitrogens is 1. The van der Waals surface area contributed by atoms with Gasteiger partial charge in [-0.1, -0.05) is 0 Å². The van der Waals surface area contributed by atoms with Gasteiger partial charge in [0.05, 0.1) is 24.0 Å². The molecule has 0 aliphatic heterocycles. The maximum atomic E-state index is 12.2. The summed E-state index contributed by atoms with van der Waals surface area (Å²) in [5.41, 5.74) is 0.665. The molecule has 0 saturated carbocycles. The maximum Gasteiger partial charge on any atom is 0.272 e. The largest absolute Gasteiger partial charge is 0.394 e. The Morgan fingerprint density at radius 3 is 2.61 bits per heavy atom. The number of pyridine rings is 1. The van der Waals surface area contributed by atoms with Crippen molar-refractivity contribution < 1.29 is 9.90 Å². The van der Waals surface area contributed by atoms with Gasteiger partial charge in [-0.15, -0.1) is 0 Å². The second-order valence-corrected chi connectivity index (χ2v) is 4.80. The minimum Gasteiger partial charge on any atom is -0.394 e. The number of rotatable bonds is 5. The van der Waals surface area contributed by atoms with Gasteiger partial charge in [-0.05, 0) is 32.9 Å². The minimum atomic E-state index is -0.598. The van der Waals surface area contributed by atoms with Crippen LogP contribution >= 0.6 is 0 Å². The van der Waals surface area contributed by atoms with Crippen molar-refractivity contribution in [3.05, 3.63) is 24.0 Å². The van der Waals surface area contributed by atoms with Crippen LogP contribution < -0.4 is 5.32 Å². The number of nitrogens with zero attached hydrogens (tertiary/aromatic N) is 2. The Labute approximate surface area is 108 Å². The minimum absolute atomic E-state index is 0.0925. The highest BCUT2D eigenvalue weighted by Gasteiger charge is 2.28. The molecule has 0 saturated heterocycles. The van der Waals surface area contributed by atoms with Gasteiger partial charge in [-0.2, -0.15) is 0 Å². The first-order valence-electron chi connectivity index (χ1n) is 6.01. The van der Waals surface area contributed by atoms with Crippen LogP contribution in [0, 0.1) is 0 Å². The molecule has 2 N–H and O–H groups in total. The number of anilines is 1. The molecule has 0 radical (unpaired) electrons. The molecule has 0 aliphatic rings. The number of hydrogen-bond donors (Lipinski definition) is 2. The molecule has 0 atom stereocenters. The lowest BCUT2D eigenvalue weighted by molar-refractivity contribution is 0.0468. The van der Waals surface area contributed by atoms with Crippen LogP contribution in [0.3, 0.4) is 0 Å². The number of aliphatic hydroxyl groups excluding tert-OH is 1. The Morgan fingerprint density at radius 2 is 2.17 bits per heavy atom. The zero-order valence-corrected chi connectivity index (χ0v) is 11.4. The van der Waals surface area contributed by atoms with Crippen molar-refractivity contribution in [1.29, 1.82) is 0 Å². The highest BCUT2D eigenvalue weighted by atomic mass is 16.3. The average Bonchev–Trinajstić information content (AvgIpc) is 2.38. The molecule has 1 aromatic heterocycles. The van der Waals surface area contributed by atoms with E-state index in [1.807, 2.05) is 13.0 Å². The van der Waals surface area contributed by atoms with Gasteiger partial charge in [0.1, 0.15) is 5.69 Å². The molecule has 18 heavy (non-hydrogen) atoms. The lowest BCUT2D eigenvalue weighted by atomic mass is 10.0. The first-order chi connectivity index (χ1) is 8.42. The molecule has 100 valence electrons. The lowest BCUT2D eigenvalue weighted by Gasteiger charge is -2.33. The molecule has 1 rings (SSSR count). The fraction of sp³-hybridized carbons (Fsp3) is 0.538. The number of nitrogens with one attached hydrogen (secondary N) is 1. The van der Waals surface area contributed by atoms with E-state index in [1.54, 1.807) is 33.2 Å². The summed E-state index contributed by atoms with van der Waals surface area (Å²) in [5, 5.41) is 12.4. The number of likely N-dealkylation sites (N-methyl/N-ethyl adjacent to an activating group) is 1. The van der Waals surface area contributed by atoms with Gasteiger partial charge in [0, 0.05) is 13.6 Å². The van der Waals surface area contributed by atoms with E-state index in [-0.39, 0.29) is 12.5 Å². The van der Waals surface area contributed by atoms with Crippen LogP contribution in [0.1, 0.15) is 31.3 Å². The van der Waals surface area contributed by atoms with Gasteiger partial charge < -0.3 is 15.3 Å². The van der Waals surface area contributed by atoms with E-state index < -0.39 is 5.54 Å². The quantitative estimate of drug-likeness (QED) is 0.829. The molecule has 1 amide bonds. The fourth-order valence-electron chi connectivity index (χ4n) is 1.38. The van der Waals surface area contributed by atoms with Crippen LogP contribution in [0.5, 0.6) is 0 Å². The van der Waals surface area contributed by atoms with Crippen LogP contribution in [0.4, 0.5) is 5.69 Å². The molecule has 0 spiro atoms. The molecule has 1 heterocycles. The Hall–Kier alpha value is -1.62. The number of amides is 1. The molecule has 0 aliphatic carbocycles. The average molecular weight is 251 g/mol. The Bertz CT molecular complexity index is 401. The van der Waals surface area contributed by atoms with Gasteiger partial charge >= 0.3 is 0 Å². The van der Waals surface area contributed by atoms with Gasteiger partial charge in [0.2, 0.25) is 0 Å². The van der Waals surface area contributed by atoms with Crippen LogP contribution in [0.2, 0.25) is 0 Å². The van der Waals surface area contributed by atoms with E-state index in [0.29, 0.717) is 5.69 Å². The molecule has 0 fully saturated rings. The Morgan fingerprint density at radius 1 is 1.50 bits per heavy atom. The van der Waals surface area contributed by atoms with Crippen molar-refractivity contribution in [2.75, 3.05) is 25.5 Å². The zero-order valence-electron chi connectivity index (χ0n) is 11.4. The van der Waals surface area contributed by atoms with Crippen molar-refractivity contribution in [3.8, 4) is 0 Å². The molecule has 0 unspecified atom stereocenters. The standard InChI is InChI=1S/C13H21N3O2/c1-5-14-10-6-7-11(15-8-10)12(18)16(4)13(2,3)9-17/h6-8,14,17H,5,9H2,1-4H3. The van der Waals surface area contributed by atoms with E-state index in [2.05, 4.69) is 10.3 Å². The SMILES string of the molecule is CCNc1ccc(C(=O)N(C)C(C)(C)CO)nc1. The first kappa shape index (κ1) is 14.4. The summed E-state index contributed by atoms with van der Waals surface area (Å²) in [6.07, 6.45) is 1.64. The van der Waals surface area contributed by atoms with E-state index in [0.717, 1.165) is 12.2 Å². The summed E-state index contributed by atoms with van der Waals surface area (Å²) < 4.78 is 0. The van der Waals surface area contributed by atoms with Gasteiger partial charge in [-0.3, -0.25) is 4.79 Å². The van der Waals surface area contributed by atoms with Crippen LogP contribution in [0.25, 0.3) is 0 Å². The normalized spacial score (nSPS) is 11.2. The topological polar surface area (TPSA) is 65.5 Å². The second-order valence-electron chi connectivity index (χ2n) is 4.80. The highest BCUT2D eigenvalue weighted by Crippen LogP contribution is 2.15. The maximum absolute atomic E-state index is 12.2. The summed E-state index contributed by atoms with van der Waals surface area (Å²) in [7, 11) is 1.67. The summed E-state index contributed by atoms with van der Waals surface area (Å²) in [6, 6.07) is 3.51. The van der Waals surface area contributed by atoms with Gasteiger partial charge in [0.25, 0.3) is 5.91 Å². The van der Waals surface area contributed by atoms with E-state index in [9.17, 15) is 9.90 Å². The highest BCUT2D eigenvalue weighted by molar-refractivity contribution is 5.92. The second kappa shape index (κ2) is 5.82. The summed E-state index contributed by atoms with van der Waals surface area (Å²) in [5.74, 6) is -0.197. The predicted molar refractivity (Wildman–Crippen MR) is 71.7 cm³/mol. The third-order valence-corrected chi connectivity index (χ3v) is 2.96. The molecule has 0 bridgehead atoms. The first-order valence-corrected chi connectivity index (χ1v) is 6.01. The van der Waals surface area contributed by atoms with Crippen molar-refractivity contribution in [2.45, 2.75) is 26.3 Å². The van der Waals surface area contributed by atoms with Crippen molar-refractivity contribution in [2.24, 2.45) is 0 Å². The predicted octanol–water partition coefficient (Wildman–Crippen LogP) is 1.36.